The Morgan fingerprint density at radius 3 is 0.724 bits per heavy atom. The van der Waals surface area contributed by atoms with Crippen LogP contribution in [-0.4, -0.2) is 68.2 Å². The van der Waals surface area contributed by atoms with Crippen LogP contribution >= 0.6 is 0 Å². The molecule has 0 bridgehead atoms. The first kappa shape index (κ1) is 46.0. The predicted molar refractivity (Wildman–Crippen MR) is 225 cm³/mol. The van der Waals surface area contributed by atoms with Crippen LogP contribution in [0.15, 0.2) is 12.1 Å². The SMILES string of the molecule is CC1(C)CC(C(=O)Oc2ccc(OC(=O)C3CC(C)(C)NC(C)(C)C3)c(OC(=O)C3CC(C)(C)NC(C)(C)C3)c2OC(=O)C2CC(C)(C)NC(C)(C)C2)CC(C)(C)N1. The van der Waals surface area contributed by atoms with E-state index in [0.717, 1.165) is 0 Å². The molecule has 0 aliphatic carbocycles. The van der Waals surface area contributed by atoms with Crippen LogP contribution in [0.4, 0.5) is 0 Å². The number of ether oxygens (including phenoxy) is 4. The van der Waals surface area contributed by atoms with Gasteiger partial charge in [0, 0.05) is 44.3 Å². The van der Waals surface area contributed by atoms with E-state index in [2.05, 4.69) is 76.7 Å². The molecule has 1 aromatic rings. The molecule has 0 saturated carbocycles. The molecule has 4 saturated heterocycles. The lowest BCUT2D eigenvalue weighted by Crippen LogP contribution is -2.59. The van der Waals surface area contributed by atoms with Gasteiger partial charge in [0.2, 0.25) is 11.5 Å². The Labute approximate surface area is 347 Å². The van der Waals surface area contributed by atoms with E-state index in [4.69, 9.17) is 18.9 Å². The first-order valence-corrected chi connectivity index (χ1v) is 21.4. The van der Waals surface area contributed by atoms with Crippen LogP contribution in [-0.2, 0) is 19.2 Å². The predicted octanol–water partition coefficient (Wildman–Crippen LogP) is 7.54. The zero-order valence-corrected chi connectivity index (χ0v) is 38.4. The van der Waals surface area contributed by atoms with Crippen molar-refractivity contribution in [3.63, 3.8) is 0 Å². The molecule has 0 spiro atoms. The van der Waals surface area contributed by atoms with Gasteiger partial charge in [0.1, 0.15) is 0 Å². The van der Waals surface area contributed by atoms with Gasteiger partial charge >= 0.3 is 23.9 Å². The topological polar surface area (TPSA) is 153 Å². The summed E-state index contributed by atoms with van der Waals surface area (Å²) in [5.41, 5.74) is -2.91. The molecule has 4 aliphatic heterocycles. The molecule has 58 heavy (non-hydrogen) atoms. The van der Waals surface area contributed by atoms with Gasteiger partial charge in [-0.3, -0.25) is 19.2 Å². The van der Waals surface area contributed by atoms with E-state index >= 15 is 0 Å². The number of benzene rings is 1. The van der Waals surface area contributed by atoms with Gasteiger partial charge in [-0.15, -0.1) is 0 Å². The van der Waals surface area contributed by atoms with Gasteiger partial charge in [0.15, 0.2) is 11.5 Å². The third kappa shape index (κ3) is 11.8. The Balaban J connectivity index is 1.61. The molecule has 4 aliphatic rings. The van der Waals surface area contributed by atoms with Crippen LogP contribution in [0, 0.1) is 23.7 Å². The average Bonchev–Trinajstić information content (AvgIpc) is 2.97. The summed E-state index contributed by atoms with van der Waals surface area (Å²) in [5.74, 6) is -4.82. The maximum absolute atomic E-state index is 14.4. The highest BCUT2D eigenvalue weighted by atomic mass is 16.6. The molecule has 4 N–H and O–H groups in total. The van der Waals surface area contributed by atoms with Crippen molar-refractivity contribution in [2.75, 3.05) is 0 Å². The number of hydrogen-bond acceptors (Lipinski definition) is 12. The molecule has 1 aromatic carbocycles. The van der Waals surface area contributed by atoms with Crippen LogP contribution in [0.3, 0.4) is 0 Å². The van der Waals surface area contributed by atoms with Gasteiger partial charge in [-0.25, -0.2) is 0 Å². The van der Waals surface area contributed by atoms with Crippen molar-refractivity contribution in [1.82, 2.24) is 21.3 Å². The molecule has 5 rings (SSSR count). The number of carbonyl (C=O) groups is 4. The van der Waals surface area contributed by atoms with Gasteiger partial charge in [-0.05, 0) is 174 Å². The van der Waals surface area contributed by atoms with Crippen LogP contribution in [0.1, 0.15) is 162 Å². The van der Waals surface area contributed by atoms with E-state index in [-0.39, 0.29) is 67.3 Å². The fourth-order valence-electron chi connectivity index (χ4n) is 11.6. The van der Waals surface area contributed by atoms with Crippen molar-refractivity contribution in [1.29, 1.82) is 0 Å². The summed E-state index contributed by atoms with van der Waals surface area (Å²) < 4.78 is 25.1. The zero-order valence-electron chi connectivity index (χ0n) is 38.4. The summed E-state index contributed by atoms with van der Waals surface area (Å²) >= 11 is 0. The van der Waals surface area contributed by atoms with Gasteiger partial charge in [0.25, 0.3) is 0 Å². The third-order valence-electron chi connectivity index (χ3n) is 12.0. The largest absolute Gasteiger partial charge is 0.422 e. The van der Waals surface area contributed by atoms with Crippen LogP contribution < -0.4 is 40.2 Å². The van der Waals surface area contributed by atoms with Crippen LogP contribution in [0.25, 0.3) is 0 Å². The van der Waals surface area contributed by atoms with Gasteiger partial charge in [0.05, 0.1) is 23.7 Å². The highest BCUT2D eigenvalue weighted by Crippen LogP contribution is 2.48. The fourth-order valence-corrected chi connectivity index (χ4v) is 11.6. The molecule has 0 atom stereocenters. The average molecular weight is 811 g/mol. The second kappa shape index (κ2) is 15.4. The summed E-state index contributed by atoms with van der Waals surface area (Å²) in [6.07, 6.45) is 4.00. The standard InChI is InChI=1S/C46H74N4O8/c1-39(2)19-27(20-40(3,4)47-39)35(51)55-31-17-18-32(56-36(52)28-21-41(5,6)48-42(7,8)22-28)34(58-38(54)30-25-45(13,14)50-46(15,16)26-30)33(31)57-37(53)29-23-43(9,10)49-44(11,12)24-29/h17-18,27-30,47-50H,19-26H2,1-16H3. The molecular weight excluding hydrogens is 737 g/mol. The lowest BCUT2D eigenvalue weighted by molar-refractivity contribution is -0.146. The van der Waals surface area contributed by atoms with E-state index in [9.17, 15) is 19.2 Å². The number of nitrogens with one attached hydrogen (secondary N) is 4. The number of carbonyl (C=O) groups excluding carboxylic acids is 4. The smallest absolute Gasteiger partial charge is 0.314 e. The first-order valence-electron chi connectivity index (χ1n) is 21.4. The van der Waals surface area contributed by atoms with E-state index in [1.807, 2.05) is 55.4 Å². The van der Waals surface area contributed by atoms with E-state index in [1.54, 1.807) is 0 Å². The van der Waals surface area contributed by atoms with Crippen molar-refractivity contribution >= 4 is 23.9 Å². The molecule has 326 valence electrons. The summed E-state index contributed by atoms with van der Waals surface area (Å²) in [4.78, 5) is 57.2. The summed E-state index contributed by atoms with van der Waals surface area (Å²) in [6, 6.07) is 2.95. The maximum atomic E-state index is 14.4. The highest BCUT2D eigenvalue weighted by molar-refractivity contribution is 5.85. The molecule has 12 heteroatoms. The van der Waals surface area contributed by atoms with Gasteiger partial charge in [-0.1, -0.05) is 0 Å². The second-order valence-corrected chi connectivity index (χ2v) is 23.4. The van der Waals surface area contributed by atoms with Gasteiger partial charge < -0.3 is 40.2 Å². The molecular formula is C46H74N4O8. The fraction of sp³-hybridized carbons (Fsp3) is 0.783. The zero-order chi connectivity index (χ0) is 43.7. The maximum Gasteiger partial charge on any atom is 0.314 e. The molecule has 0 aromatic heterocycles. The number of hydrogen-bond donors (Lipinski definition) is 4. The molecule has 0 radical (unpaired) electrons. The molecule has 4 fully saturated rings. The number of rotatable bonds is 8. The van der Waals surface area contributed by atoms with Crippen molar-refractivity contribution < 1.29 is 38.1 Å². The minimum atomic E-state index is -0.559. The number of piperidine rings is 4. The Hall–Kier alpha value is -3.06. The van der Waals surface area contributed by atoms with Crippen molar-refractivity contribution in [2.24, 2.45) is 23.7 Å². The second-order valence-electron chi connectivity index (χ2n) is 23.4. The highest BCUT2D eigenvalue weighted by Gasteiger charge is 2.47. The van der Waals surface area contributed by atoms with E-state index in [0.29, 0.717) is 51.4 Å². The van der Waals surface area contributed by atoms with Crippen molar-refractivity contribution in [2.45, 2.75) is 206 Å². The quantitative estimate of drug-likeness (QED) is 0.152. The Kier molecular flexibility index (Phi) is 12.3. The van der Waals surface area contributed by atoms with Crippen LogP contribution in [0.2, 0.25) is 0 Å². The minimum absolute atomic E-state index is 0.0855. The first-order chi connectivity index (χ1) is 26.1. The molecule has 0 unspecified atom stereocenters. The van der Waals surface area contributed by atoms with E-state index in [1.165, 1.54) is 12.1 Å². The van der Waals surface area contributed by atoms with E-state index < -0.39 is 47.5 Å². The Morgan fingerprint density at radius 2 is 0.534 bits per heavy atom. The number of esters is 4. The Bertz CT molecular complexity index is 1580. The normalized spacial score (nSPS) is 26.2. The lowest BCUT2D eigenvalue weighted by Gasteiger charge is -2.46. The monoisotopic (exact) mass is 811 g/mol. The van der Waals surface area contributed by atoms with Gasteiger partial charge in [-0.2, -0.15) is 0 Å². The van der Waals surface area contributed by atoms with Crippen LogP contribution in [0.5, 0.6) is 23.0 Å². The molecule has 12 nitrogen and oxygen atoms in total. The Morgan fingerprint density at radius 1 is 0.362 bits per heavy atom. The minimum Gasteiger partial charge on any atom is -0.422 e. The van der Waals surface area contributed by atoms with Crippen molar-refractivity contribution in [3.8, 4) is 23.0 Å². The lowest BCUT2D eigenvalue weighted by atomic mass is 9.76. The summed E-state index contributed by atoms with van der Waals surface area (Å²) in [7, 11) is 0. The summed E-state index contributed by atoms with van der Waals surface area (Å²) in [5, 5.41) is 14.4. The molecule has 4 heterocycles. The van der Waals surface area contributed by atoms with Crippen molar-refractivity contribution in [3.05, 3.63) is 12.1 Å². The third-order valence-corrected chi connectivity index (χ3v) is 12.0. The molecule has 0 amide bonds. The summed E-state index contributed by atoms with van der Waals surface area (Å²) in [6.45, 7) is 32.8.